The van der Waals surface area contributed by atoms with Crippen molar-refractivity contribution in [3.63, 3.8) is 0 Å². The van der Waals surface area contributed by atoms with E-state index in [-0.39, 0.29) is 23.0 Å². The fourth-order valence-corrected chi connectivity index (χ4v) is 4.43. The van der Waals surface area contributed by atoms with Gasteiger partial charge >= 0.3 is 5.63 Å². The molecule has 0 saturated heterocycles. The van der Waals surface area contributed by atoms with Crippen LogP contribution in [0.15, 0.2) is 73.5 Å². The second-order valence-corrected chi connectivity index (χ2v) is 7.77. The number of rotatable bonds is 2. The molecule has 0 radical (unpaired) electrons. The van der Waals surface area contributed by atoms with Crippen LogP contribution in [0.25, 0.3) is 11.0 Å². The molecule has 2 amide bonds. The van der Waals surface area contributed by atoms with Gasteiger partial charge in [-0.1, -0.05) is 18.2 Å². The number of aliphatic imine (C=N–C) groups is 1. The summed E-state index contributed by atoms with van der Waals surface area (Å²) in [4.78, 5) is 41.7. The number of nitrogens with zero attached hydrogens (tertiary/aromatic N) is 1. The monoisotopic (exact) mass is 416 g/mol. The molecule has 1 aliphatic heterocycles. The largest absolute Gasteiger partial charge is 0.493 e. The van der Waals surface area contributed by atoms with Crippen molar-refractivity contribution < 1.29 is 18.7 Å². The highest BCUT2D eigenvalue weighted by Crippen LogP contribution is 2.38. The smallest absolute Gasteiger partial charge is 0.349 e. The summed E-state index contributed by atoms with van der Waals surface area (Å²) in [5, 5.41) is 3.50. The molecule has 5 rings (SSSR count). The van der Waals surface area contributed by atoms with E-state index in [2.05, 4.69) is 10.3 Å². The van der Waals surface area contributed by atoms with Gasteiger partial charge in [0, 0.05) is 22.6 Å². The molecule has 1 N–H and O–H groups in total. The fourth-order valence-electron chi connectivity index (χ4n) is 4.43. The van der Waals surface area contributed by atoms with Crippen molar-refractivity contribution >= 4 is 28.5 Å². The number of benzene rings is 1. The third-order valence-electron chi connectivity index (χ3n) is 5.92. The summed E-state index contributed by atoms with van der Waals surface area (Å²) >= 11 is 0. The van der Waals surface area contributed by atoms with Crippen molar-refractivity contribution in [1.29, 1.82) is 0 Å². The summed E-state index contributed by atoms with van der Waals surface area (Å²) in [5.41, 5.74) is 2.48. The molecule has 2 aliphatic carbocycles. The van der Waals surface area contributed by atoms with Crippen LogP contribution < -0.4 is 15.7 Å². The van der Waals surface area contributed by atoms with Crippen LogP contribution in [-0.2, 0) is 4.79 Å². The Balaban J connectivity index is 1.48. The molecule has 0 fully saturated rings. The number of carbonyl (C=O) groups is 2. The van der Waals surface area contributed by atoms with Crippen molar-refractivity contribution in [2.45, 2.75) is 25.7 Å². The van der Waals surface area contributed by atoms with Gasteiger partial charge in [-0.15, -0.1) is 0 Å². The molecular weight excluding hydrogens is 396 g/mol. The van der Waals surface area contributed by atoms with Gasteiger partial charge in [-0.25, -0.2) is 9.79 Å². The molecule has 0 saturated carbocycles. The average Bonchev–Trinajstić information content (AvgIpc) is 2.78. The molecule has 3 aliphatic rings. The van der Waals surface area contributed by atoms with Gasteiger partial charge in [0.25, 0.3) is 11.8 Å². The van der Waals surface area contributed by atoms with Gasteiger partial charge in [-0.2, -0.15) is 0 Å². The Morgan fingerprint density at radius 2 is 2.06 bits per heavy atom. The second kappa shape index (κ2) is 7.50. The van der Waals surface area contributed by atoms with Crippen LogP contribution in [0.3, 0.4) is 0 Å². The first kappa shape index (κ1) is 19.2. The van der Waals surface area contributed by atoms with Gasteiger partial charge in [0.2, 0.25) is 0 Å². The van der Waals surface area contributed by atoms with Gasteiger partial charge < -0.3 is 14.5 Å². The molecule has 1 atom stereocenters. The van der Waals surface area contributed by atoms with E-state index in [1.807, 2.05) is 6.08 Å². The summed E-state index contributed by atoms with van der Waals surface area (Å²) in [6.45, 7) is 0. The van der Waals surface area contributed by atoms with Crippen molar-refractivity contribution in [3.8, 4) is 5.75 Å². The lowest BCUT2D eigenvalue weighted by atomic mass is 9.77. The van der Waals surface area contributed by atoms with Crippen LogP contribution in [0.2, 0.25) is 0 Å². The minimum absolute atomic E-state index is 0.0141. The van der Waals surface area contributed by atoms with Crippen LogP contribution in [0, 0.1) is 5.92 Å². The zero-order valence-electron chi connectivity index (χ0n) is 16.9. The molecule has 1 aromatic carbocycles. The first-order valence-electron chi connectivity index (χ1n) is 10.2. The van der Waals surface area contributed by atoms with Gasteiger partial charge in [0.15, 0.2) is 11.3 Å². The molecule has 7 nitrogen and oxygen atoms in total. The molecule has 0 bridgehead atoms. The molecule has 1 unspecified atom stereocenters. The van der Waals surface area contributed by atoms with E-state index in [0.717, 1.165) is 42.5 Å². The number of fused-ring (bicyclic) bond motifs is 3. The highest BCUT2D eigenvalue weighted by atomic mass is 16.5. The van der Waals surface area contributed by atoms with E-state index < -0.39 is 11.5 Å². The Labute approximate surface area is 177 Å². The highest BCUT2D eigenvalue weighted by Gasteiger charge is 2.33. The van der Waals surface area contributed by atoms with E-state index in [1.54, 1.807) is 30.4 Å². The first-order valence-corrected chi connectivity index (χ1v) is 10.2. The Morgan fingerprint density at radius 1 is 1.23 bits per heavy atom. The van der Waals surface area contributed by atoms with E-state index >= 15 is 0 Å². The van der Waals surface area contributed by atoms with Crippen molar-refractivity contribution in [3.05, 3.63) is 75.3 Å². The molecule has 1 aromatic heterocycles. The van der Waals surface area contributed by atoms with Crippen LogP contribution in [0.1, 0.15) is 36.0 Å². The highest BCUT2D eigenvalue weighted by molar-refractivity contribution is 6.14. The first-order chi connectivity index (χ1) is 15.0. The van der Waals surface area contributed by atoms with Crippen LogP contribution in [0.4, 0.5) is 0 Å². The summed E-state index contributed by atoms with van der Waals surface area (Å²) in [6, 6.07) is 6.61. The number of amides is 2. The zero-order chi connectivity index (χ0) is 21.5. The predicted octanol–water partition coefficient (Wildman–Crippen LogP) is 3.45. The molecule has 2 heterocycles. The van der Waals surface area contributed by atoms with E-state index in [9.17, 15) is 14.4 Å². The number of carbonyl (C=O) groups excluding carboxylic acids is 2. The average molecular weight is 416 g/mol. The number of allylic oxidation sites excluding steroid dienone is 3. The molecule has 156 valence electrons. The maximum atomic E-state index is 12.7. The van der Waals surface area contributed by atoms with Crippen molar-refractivity contribution in [2.75, 3.05) is 7.11 Å². The number of hydrogen-bond donors (Lipinski definition) is 1. The summed E-state index contributed by atoms with van der Waals surface area (Å²) in [7, 11) is 1.48. The Morgan fingerprint density at radius 3 is 2.90 bits per heavy atom. The maximum Gasteiger partial charge on any atom is 0.349 e. The summed E-state index contributed by atoms with van der Waals surface area (Å²) < 4.78 is 10.5. The molecule has 7 heteroatoms. The Bertz CT molecular complexity index is 1310. The second-order valence-electron chi connectivity index (χ2n) is 7.77. The minimum atomic E-state index is -0.778. The summed E-state index contributed by atoms with van der Waals surface area (Å²) in [5.74, 6) is -0.342. The number of ether oxygens (including phenoxy) is 1. The van der Waals surface area contributed by atoms with Crippen molar-refractivity contribution in [2.24, 2.45) is 10.9 Å². The predicted molar refractivity (Wildman–Crippen MR) is 115 cm³/mol. The van der Waals surface area contributed by atoms with Crippen LogP contribution in [0.5, 0.6) is 5.75 Å². The number of methoxy groups -OCH3 is 1. The fraction of sp³-hybridized carbons (Fsp3) is 0.250. The van der Waals surface area contributed by atoms with Crippen LogP contribution in [-0.4, -0.2) is 24.6 Å². The third kappa shape index (κ3) is 3.32. The van der Waals surface area contributed by atoms with E-state index in [1.165, 1.54) is 13.2 Å². The van der Waals surface area contributed by atoms with E-state index in [0.29, 0.717) is 16.8 Å². The van der Waals surface area contributed by atoms with Gasteiger partial charge in [0.1, 0.15) is 5.56 Å². The lowest BCUT2D eigenvalue weighted by Gasteiger charge is -2.33. The van der Waals surface area contributed by atoms with Crippen LogP contribution >= 0.6 is 0 Å². The molecule has 2 aromatic rings. The lowest BCUT2D eigenvalue weighted by Crippen LogP contribution is -2.37. The van der Waals surface area contributed by atoms with E-state index in [4.69, 9.17) is 9.15 Å². The standard InChI is InChI=1S/C24H20N2O5/c1-30-20-8-4-5-13-11-18(24(29)31-21(13)20)23(28)25-14-9-10-16-15-6-2-3-7-17(15)22(27)26-19(16)12-14/h4-5,8-12,16H,2-3,6-7H2,1H3,(H,26,27). The van der Waals surface area contributed by atoms with Gasteiger partial charge in [-0.05, 0) is 55.5 Å². The normalized spacial score (nSPS) is 21.5. The van der Waals surface area contributed by atoms with Crippen molar-refractivity contribution in [1.82, 2.24) is 5.32 Å². The zero-order valence-corrected chi connectivity index (χ0v) is 16.9. The number of para-hydroxylation sites is 1. The summed E-state index contributed by atoms with van der Waals surface area (Å²) in [6.07, 6.45) is 9.23. The quantitative estimate of drug-likeness (QED) is 0.756. The number of hydrogen-bond acceptors (Lipinski definition) is 5. The topological polar surface area (TPSA) is 98.0 Å². The van der Waals surface area contributed by atoms with Gasteiger partial charge in [0.05, 0.1) is 12.8 Å². The van der Waals surface area contributed by atoms with Gasteiger partial charge in [-0.3, -0.25) is 9.59 Å². The maximum absolute atomic E-state index is 12.7. The Kier molecular flexibility index (Phi) is 4.66. The number of nitrogens with one attached hydrogen (secondary N) is 1. The molecule has 31 heavy (non-hydrogen) atoms. The third-order valence-corrected chi connectivity index (χ3v) is 5.92. The minimum Gasteiger partial charge on any atom is -0.493 e. The SMILES string of the molecule is COc1cccc2cc(C(=O)N=C3C=CC4C(=C3)NC(=O)C3=C4CCCC3)c(=O)oc12. The Hall–Kier alpha value is -3.74. The lowest BCUT2D eigenvalue weighted by molar-refractivity contribution is -0.117. The molecule has 0 spiro atoms. The molecular formula is C24H20N2O5.